The highest BCUT2D eigenvalue weighted by molar-refractivity contribution is 4.98. The fraction of sp³-hybridized carbons (Fsp3) is 1.00. The van der Waals surface area contributed by atoms with E-state index in [1.54, 1.807) is 0 Å². The molecule has 2 saturated heterocycles. The number of likely N-dealkylation sites (tertiary alicyclic amines) is 2. The van der Waals surface area contributed by atoms with Crippen LogP contribution in [0.3, 0.4) is 0 Å². The second-order valence-corrected chi connectivity index (χ2v) is 7.42. The first-order valence-corrected chi connectivity index (χ1v) is 8.88. The van der Waals surface area contributed by atoms with E-state index in [0.29, 0.717) is 0 Å². The lowest BCUT2D eigenvalue weighted by Crippen LogP contribution is -2.53. The van der Waals surface area contributed by atoms with Crippen molar-refractivity contribution in [2.45, 2.75) is 70.4 Å². The third kappa shape index (κ3) is 2.90. The van der Waals surface area contributed by atoms with Gasteiger partial charge >= 0.3 is 0 Å². The van der Waals surface area contributed by atoms with Crippen molar-refractivity contribution in [3.63, 3.8) is 0 Å². The molecule has 3 nitrogen and oxygen atoms in total. The fourth-order valence-corrected chi connectivity index (χ4v) is 4.93. The Hall–Kier alpha value is -0.120. The first-order chi connectivity index (χ1) is 9.73. The van der Waals surface area contributed by atoms with Crippen LogP contribution in [-0.4, -0.2) is 59.8 Å². The van der Waals surface area contributed by atoms with Gasteiger partial charge in [-0.15, -0.1) is 0 Å². The van der Waals surface area contributed by atoms with E-state index < -0.39 is 0 Å². The van der Waals surface area contributed by atoms with Gasteiger partial charge in [0.05, 0.1) is 6.10 Å². The predicted molar refractivity (Wildman–Crippen MR) is 82.9 cm³/mol. The summed E-state index contributed by atoms with van der Waals surface area (Å²) in [4.78, 5) is 5.36. The third-order valence-corrected chi connectivity index (χ3v) is 6.11. The van der Waals surface area contributed by atoms with E-state index in [-0.39, 0.29) is 11.5 Å². The van der Waals surface area contributed by atoms with E-state index in [4.69, 9.17) is 0 Å². The zero-order valence-electron chi connectivity index (χ0n) is 13.2. The number of nitrogens with zero attached hydrogens (tertiary/aromatic N) is 2. The lowest BCUT2D eigenvalue weighted by Gasteiger charge is -2.47. The van der Waals surface area contributed by atoms with Crippen LogP contribution < -0.4 is 0 Å². The molecule has 116 valence electrons. The summed E-state index contributed by atoms with van der Waals surface area (Å²) in [6, 6.07) is 0.785. The highest BCUT2D eigenvalue weighted by atomic mass is 16.3. The van der Waals surface area contributed by atoms with Gasteiger partial charge < -0.3 is 10.0 Å². The van der Waals surface area contributed by atoms with Gasteiger partial charge in [0.2, 0.25) is 0 Å². The largest absolute Gasteiger partial charge is 0.393 e. The number of hydrogen-bond donors (Lipinski definition) is 1. The number of piperidine rings is 2. The van der Waals surface area contributed by atoms with Crippen LogP contribution in [0.4, 0.5) is 0 Å². The summed E-state index contributed by atoms with van der Waals surface area (Å²) in [6.45, 7) is 8.56. The first kappa shape index (κ1) is 14.8. The summed E-state index contributed by atoms with van der Waals surface area (Å²) in [6.07, 6.45) is 10.0. The summed E-state index contributed by atoms with van der Waals surface area (Å²) in [5.74, 6) is 0. The van der Waals surface area contributed by atoms with Crippen molar-refractivity contribution in [2.24, 2.45) is 5.41 Å². The average Bonchev–Trinajstić information content (AvgIpc) is 2.81. The van der Waals surface area contributed by atoms with Crippen molar-refractivity contribution in [2.75, 3.05) is 32.7 Å². The van der Waals surface area contributed by atoms with Crippen LogP contribution in [0.1, 0.15) is 58.3 Å². The Kier molecular flexibility index (Phi) is 4.68. The molecule has 0 aromatic rings. The summed E-state index contributed by atoms with van der Waals surface area (Å²) in [5.41, 5.74) is 0.263. The van der Waals surface area contributed by atoms with Gasteiger partial charge in [0.1, 0.15) is 0 Å². The van der Waals surface area contributed by atoms with Gasteiger partial charge in [-0.1, -0.05) is 13.3 Å². The van der Waals surface area contributed by atoms with Crippen molar-refractivity contribution in [3.05, 3.63) is 0 Å². The molecule has 3 aliphatic rings. The monoisotopic (exact) mass is 280 g/mol. The summed E-state index contributed by atoms with van der Waals surface area (Å²) in [7, 11) is 0. The van der Waals surface area contributed by atoms with Gasteiger partial charge in [-0.2, -0.15) is 0 Å². The second kappa shape index (κ2) is 6.33. The first-order valence-electron chi connectivity index (χ1n) is 8.88. The molecule has 3 fully saturated rings. The number of aliphatic hydroxyl groups is 1. The van der Waals surface area contributed by atoms with Crippen LogP contribution in [-0.2, 0) is 0 Å². The molecule has 20 heavy (non-hydrogen) atoms. The maximum atomic E-state index is 10.4. The van der Waals surface area contributed by atoms with Crippen LogP contribution in [0, 0.1) is 5.41 Å². The molecule has 3 rings (SSSR count). The van der Waals surface area contributed by atoms with Crippen LogP contribution in [0.15, 0.2) is 0 Å². The van der Waals surface area contributed by atoms with Crippen molar-refractivity contribution < 1.29 is 5.11 Å². The maximum absolute atomic E-state index is 10.4. The Bertz CT molecular complexity index is 314. The normalized spacial score (nSPS) is 37.8. The highest BCUT2D eigenvalue weighted by Crippen LogP contribution is 2.45. The lowest BCUT2D eigenvalue weighted by molar-refractivity contribution is -0.0321. The standard InChI is InChI=1S/C17H32N2O/c1-2-10-18-12-6-15(7-13-18)19-11-4-9-17(14-19)8-3-5-16(17)20/h15-16,20H,2-14H2,1H3/t16-,17-/m1/s1. The third-order valence-electron chi connectivity index (χ3n) is 6.11. The molecule has 2 aliphatic heterocycles. The molecular weight excluding hydrogens is 248 g/mol. The summed E-state index contributed by atoms with van der Waals surface area (Å²) < 4.78 is 0. The molecule has 0 aromatic carbocycles. The Morgan fingerprint density at radius 2 is 1.80 bits per heavy atom. The van der Waals surface area contributed by atoms with Gasteiger partial charge in [-0.25, -0.2) is 0 Å². The van der Waals surface area contributed by atoms with Crippen LogP contribution in [0.5, 0.6) is 0 Å². The quantitative estimate of drug-likeness (QED) is 0.860. The maximum Gasteiger partial charge on any atom is 0.0608 e. The van der Waals surface area contributed by atoms with Gasteiger partial charge in [0.25, 0.3) is 0 Å². The molecule has 1 aliphatic carbocycles. The lowest BCUT2D eigenvalue weighted by atomic mass is 9.76. The molecule has 1 saturated carbocycles. The van der Waals surface area contributed by atoms with E-state index in [0.717, 1.165) is 12.5 Å². The van der Waals surface area contributed by atoms with E-state index in [2.05, 4.69) is 16.7 Å². The smallest absolute Gasteiger partial charge is 0.0608 e. The average molecular weight is 280 g/mol. The minimum absolute atomic E-state index is 0.0227. The van der Waals surface area contributed by atoms with Gasteiger partial charge in [-0.3, -0.25) is 4.90 Å². The second-order valence-electron chi connectivity index (χ2n) is 7.42. The van der Waals surface area contributed by atoms with E-state index >= 15 is 0 Å². The molecule has 1 spiro atoms. The SMILES string of the molecule is CCCN1CCC(N2CCC[C@]3(CCC[C@H]3O)C2)CC1. The Morgan fingerprint density at radius 3 is 2.45 bits per heavy atom. The zero-order valence-corrected chi connectivity index (χ0v) is 13.2. The molecular formula is C17H32N2O. The van der Waals surface area contributed by atoms with Crippen LogP contribution in [0.2, 0.25) is 0 Å². The molecule has 3 heteroatoms. The number of rotatable bonds is 3. The number of hydrogen-bond acceptors (Lipinski definition) is 3. The molecule has 0 unspecified atom stereocenters. The van der Waals surface area contributed by atoms with E-state index in [1.165, 1.54) is 77.7 Å². The fourth-order valence-electron chi connectivity index (χ4n) is 4.93. The molecule has 0 radical (unpaired) electrons. The Labute approximate surface area is 124 Å². The van der Waals surface area contributed by atoms with Crippen molar-refractivity contribution in [3.8, 4) is 0 Å². The predicted octanol–water partition coefficient (Wildman–Crippen LogP) is 2.49. The molecule has 2 heterocycles. The Morgan fingerprint density at radius 1 is 1.05 bits per heavy atom. The van der Waals surface area contributed by atoms with Crippen molar-refractivity contribution >= 4 is 0 Å². The van der Waals surface area contributed by atoms with Gasteiger partial charge in [0.15, 0.2) is 0 Å². The van der Waals surface area contributed by atoms with Gasteiger partial charge in [-0.05, 0) is 71.1 Å². The molecule has 0 amide bonds. The van der Waals surface area contributed by atoms with Gasteiger partial charge in [0, 0.05) is 18.0 Å². The molecule has 0 bridgehead atoms. The van der Waals surface area contributed by atoms with Crippen molar-refractivity contribution in [1.82, 2.24) is 9.80 Å². The van der Waals surface area contributed by atoms with E-state index in [9.17, 15) is 5.11 Å². The highest BCUT2D eigenvalue weighted by Gasteiger charge is 2.45. The molecule has 2 atom stereocenters. The van der Waals surface area contributed by atoms with Crippen LogP contribution >= 0.6 is 0 Å². The minimum Gasteiger partial charge on any atom is -0.393 e. The number of aliphatic hydroxyl groups excluding tert-OH is 1. The molecule has 1 N–H and O–H groups in total. The Balaban J connectivity index is 1.55. The van der Waals surface area contributed by atoms with Crippen LogP contribution in [0.25, 0.3) is 0 Å². The molecule has 0 aromatic heterocycles. The minimum atomic E-state index is -0.0227. The summed E-state index contributed by atoms with van der Waals surface area (Å²) >= 11 is 0. The summed E-state index contributed by atoms with van der Waals surface area (Å²) in [5, 5.41) is 10.4. The van der Waals surface area contributed by atoms with Crippen molar-refractivity contribution in [1.29, 1.82) is 0 Å². The topological polar surface area (TPSA) is 26.7 Å². The van der Waals surface area contributed by atoms with E-state index in [1.807, 2.05) is 0 Å². The zero-order chi connectivity index (χ0) is 14.0.